The predicted octanol–water partition coefficient (Wildman–Crippen LogP) is 5.19. The van der Waals surface area contributed by atoms with Crippen molar-refractivity contribution in [1.29, 1.82) is 0 Å². The van der Waals surface area contributed by atoms with Crippen molar-refractivity contribution in [3.63, 3.8) is 0 Å². The van der Waals surface area contributed by atoms with Crippen LogP contribution >= 0.6 is 0 Å². The first-order valence-electron chi connectivity index (χ1n) is 9.94. The molecule has 0 aromatic heterocycles. The average molecular weight is 389 g/mol. The summed E-state index contributed by atoms with van der Waals surface area (Å²) >= 11 is 0. The van der Waals surface area contributed by atoms with Crippen LogP contribution in [0, 0.1) is 0 Å². The van der Waals surface area contributed by atoms with Crippen LogP contribution in [0.3, 0.4) is 0 Å². The molecule has 1 fully saturated rings. The van der Waals surface area contributed by atoms with E-state index in [1.54, 1.807) is 12.1 Å². The summed E-state index contributed by atoms with van der Waals surface area (Å²) < 4.78 is 0. The highest BCUT2D eigenvalue weighted by atomic mass is 32.2. The molecular weight excluding hydrogens is 364 g/mol. The minimum absolute atomic E-state index is 0.269. The van der Waals surface area contributed by atoms with E-state index in [4.69, 9.17) is 0 Å². The Morgan fingerprint density at radius 1 is 0.750 bits per heavy atom. The van der Waals surface area contributed by atoms with Crippen LogP contribution in [0.25, 0.3) is 0 Å². The SMILES string of the molecule is O=C([O-])c1ccccc1[S+](c1ccccc1)c1ccc(C2CCCCC2)cc1. The van der Waals surface area contributed by atoms with E-state index in [1.807, 2.05) is 30.3 Å². The molecule has 3 aromatic carbocycles. The van der Waals surface area contributed by atoms with Crippen molar-refractivity contribution >= 4 is 16.9 Å². The number of aromatic carboxylic acids is 1. The van der Waals surface area contributed by atoms with Gasteiger partial charge in [0.25, 0.3) is 0 Å². The molecule has 28 heavy (non-hydrogen) atoms. The van der Waals surface area contributed by atoms with Crippen LogP contribution in [-0.4, -0.2) is 5.97 Å². The summed E-state index contributed by atoms with van der Waals surface area (Å²) in [4.78, 5) is 14.8. The molecule has 0 aliphatic heterocycles. The fourth-order valence-electron chi connectivity index (χ4n) is 4.07. The first-order chi connectivity index (χ1) is 13.7. The van der Waals surface area contributed by atoms with Crippen LogP contribution in [0.2, 0.25) is 0 Å². The van der Waals surface area contributed by atoms with Gasteiger partial charge in [0.1, 0.15) is 0 Å². The van der Waals surface area contributed by atoms with Crippen molar-refractivity contribution in [3.8, 4) is 0 Å². The minimum Gasteiger partial charge on any atom is -0.545 e. The molecule has 0 heterocycles. The monoisotopic (exact) mass is 388 g/mol. The molecule has 4 rings (SSSR count). The zero-order valence-corrected chi connectivity index (χ0v) is 16.7. The summed E-state index contributed by atoms with van der Waals surface area (Å²) in [6.07, 6.45) is 6.54. The topological polar surface area (TPSA) is 40.1 Å². The molecular formula is C25H24O2S. The molecule has 1 aliphatic carbocycles. The predicted molar refractivity (Wildman–Crippen MR) is 112 cm³/mol. The second-order valence-electron chi connectivity index (χ2n) is 7.31. The molecule has 3 aromatic rings. The maximum atomic E-state index is 11.7. The Kier molecular flexibility index (Phi) is 5.82. The molecule has 1 unspecified atom stereocenters. The van der Waals surface area contributed by atoms with Gasteiger partial charge < -0.3 is 9.90 Å². The molecule has 142 valence electrons. The van der Waals surface area contributed by atoms with Crippen molar-refractivity contribution in [1.82, 2.24) is 0 Å². The first kappa shape index (κ1) is 18.8. The Labute approximate surface area is 169 Å². The van der Waals surface area contributed by atoms with Gasteiger partial charge in [-0.25, -0.2) is 0 Å². The lowest BCUT2D eigenvalue weighted by atomic mass is 9.84. The molecule has 1 atom stereocenters. The number of carboxylic acids is 1. The lowest BCUT2D eigenvalue weighted by Crippen LogP contribution is -2.25. The fraction of sp³-hybridized carbons (Fsp3) is 0.240. The smallest absolute Gasteiger partial charge is 0.175 e. The number of carbonyl (C=O) groups is 1. The molecule has 3 heteroatoms. The zero-order valence-electron chi connectivity index (χ0n) is 15.8. The second-order valence-corrected chi connectivity index (χ2v) is 9.30. The van der Waals surface area contributed by atoms with Crippen LogP contribution in [0.15, 0.2) is 93.5 Å². The number of carbonyl (C=O) groups excluding carboxylic acids is 1. The van der Waals surface area contributed by atoms with Gasteiger partial charge in [0.05, 0.1) is 22.4 Å². The van der Waals surface area contributed by atoms with Crippen molar-refractivity contribution in [2.45, 2.75) is 52.7 Å². The highest BCUT2D eigenvalue weighted by molar-refractivity contribution is 7.97. The van der Waals surface area contributed by atoms with Crippen LogP contribution in [0.5, 0.6) is 0 Å². The molecule has 1 aliphatic rings. The molecule has 0 amide bonds. The third kappa shape index (κ3) is 4.00. The Bertz CT molecular complexity index is 928. The number of rotatable bonds is 5. The van der Waals surface area contributed by atoms with Crippen LogP contribution in [-0.2, 0) is 10.9 Å². The van der Waals surface area contributed by atoms with E-state index in [-0.39, 0.29) is 5.56 Å². The highest BCUT2D eigenvalue weighted by Crippen LogP contribution is 2.36. The lowest BCUT2D eigenvalue weighted by molar-refractivity contribution is -0.255. The quantitative estimate of drug-likeness (QED) is 0.564. The maximum Gasteiger partial charge on any atom is 0.175 e. The first-order valence-corrected chi connectivity index (χ1v) is 11.2. The minimum atomic E-state index is -1.12. The van der Waals surface area contributed by atoms with E-state index < -0.39 is 16.9 Å². The maximum absolute atomic E-state index is 11.7. The molecule has 1 saturated carbocycles. The van der Waals surface area contributed by atoms with E-state index in [0.29, 0.717) is 5.92 Å². The lowest BCUT2D eigenvalue weighted by Gasteiger charge is -2.22. The van der Waals surface area contributed by atoms with Gasteiger partial charge in [0.2, 0.25) is 0 Å². The molecule has 0 spiro atoms. The van der Waals surface area contributed by atoms with Crippen LogP contribution < -0.4 is 5.11 Å². The summed E-state index contributed by atoms with van der Waals surface area (Å²) in [6, 6.07) is 26.2. The summed E-state index contributed by atoms with van der Waals surface area (Å²) in [5.41, 5.74) is 1.68. The van der Waals surface area contributed by atoms with Gasteiger partial charge in [-0.3, -0.25) is 0 Å². The van der Waals surface area contributed by atoms with Crippen LogP contribution in [0.4, 0.5) is 0 Å². The summed E-state index contributed by atoms with van der Waals surface area (Å²) in [5.74, 6) is -0.459. The van der Waals surface area contributed by atoms with Gasteiger partial charge in [0, 0.05) is 0 Å². The van der Waals surface area contributed by atoms with E-state index in [2.05, 4.69) is 36.4 Å². The summed E-state index contributed by atoms with van der Waals surface area (Å²) in [5, 5.41) is 11.7. The zero-order chi connectivity index (χ0) is 19.3. The van der Waals surface area contributed by atoms with Gasteiger partial charge in [-0.05, 0) is 60.7 Å². The van der Waals surface area contributed by atoms with E-state index in [0.717, 1.165) is 14.7 Å². The number of carboxylic acid groups (broad SMARTS) is 1. The van der Waals surface area contributed by atoms with Gasteiger partial charge in [-0.15, -0.1) is 0 Å². The van der Waals surface area contributed by atoms with E-state index in [1.165, 1.54) is 37.7 Å². The molecule has 0 saturated heterocycles. The fourth-order valence-corrected chi connectivity index (χ4v) is 6.28. The number of hydrogen-bond acceptors (Lipinski definition) is 2. The van der Waals surface area contributed by atoms with E-state index >= 15 is 0 Å². The largest absolute Gasteiger partial charge is 0.545 e. The van der Waals surface area contributed by atoms with Crippen molar-refractivity contribution < 1.29 is 9.90 Å². The van der Waals surface area contributed by atoms with Crippen molar-refractivity contribution in [2.24, 2.45) is 0 Å². The number of benzene rings is 3. The molecule has 0 radical (unpaired) electrons. The Balaban J connectivity index is 1.76. The van der Waals surface area contributed by atoms with E-state index in [9.17, 15) is 9.90 Å². The van der Waals surface area contributed by atoms with Gasteiger partial charge in [-0.2, -0.15) is 0 Å². The van der Waals surface area contributed by atoms with Gasteiger partial charge in [0.15, 0.2) is 14.7 Å². The molecule has 0 bridgehead atoms. The normalized spacial score (nSPS) is 15.9. The second kappa shape index (κ2) is 8.66. The standard InChI is InChI=1S/C25H24O2S/c26-25(27)23-13-7-8-14-24(23)28(21-11-5-2-6-12-21)22-17-15-20(16-18-22)19-9-3-1-4-10-19/h2,5-8,11-19H,1,3-4,9-10H2. The van der Waals surface area contributed by atoms with Gasteiger partial charge in [-0.1, -0.05) is 61.7 Å². The molecule has 0 N–H and O–H groups in total. The van der Waals surface area contributed by atoms with Crippen molar-refractivity contribution in [3.05, 3.63) is 90.0 Å². The Morgan fingerprint density at radius 2 is 1.36 bits per heavy atom. The summed E-state index contributed by atoms with van der Waals surface area (Å²) in [6.45, 7) is 0. The number of hydrogen-bond donors (Lipinski definition) is 0. The molecule has 2 nitrogen and oxygen atoms in total. The third-order valence-corrected chi connectivity index (χ3v) is 7.78. The average Bonchev–Trinajstić information content (AvgIpc) is 2.76. The van der Waals surface area contributed by atoms with Crippen LogP contribution in [0.1, 0.15) is 53.9 Å². The van der Waals surface area contributed by atoms with Crippen molar-refractivity contribution in [2.75, 3.05) is 0 Å². The summed E-state index contributed by atoms with van der Waals surface area (Å²) in [7, 11) is -0.481. The third-order valence-electron chi connectivity index (χ3n) is 5.50. The Hall–Kier alpha value is -2.52. The Morgan fingerprint density at radius 3 is 2.04 bits per heavy atom. The highest BCUT2D eigenvalue weighted by Gasteiger charge is 2.31. The van der Waals surface area contributed by atoms with Gasteiger partial charge >= 0.3 is 0 Å².